The second-order valence-corrected chi connectivity index (χ2v) is 7.72. The number of benzene rings is 1. The highest BCUT2D eigenvalue weighted by atomic mass is 35.5. The first-order valence-corrected chi connectivity index (χ1v) is 9.40. The lowest BCUT2D eigenvalue weighted by Gasteiger charge is -2.37. The minimum Gasteiger partial charge on any atom is -0.388 e. The normalized spacial score (nSPS) is 27.0. The van der Waals surface area contributed by atoms with Crippen molar-refractivity contribution < 1.29 is 9.90 Å². The first kappa shape index (κ1) is 17.7. The van der Waals surface area contributed by atoms with Crippen LogP contribution in [0.4, 0.5) is 0 Å². The molecule has 0 aromatic heterocycles. The number of aliphatic hydroxyl groups is 1. The van der Waals surface area contributed by atoms with Crippen molar-refractivity contribution in [2.24, 2.45) is 17.6 Å². The highest BCUT2D eigenvalue weighted by Crippen LogP contribution is 2.33. The van der Waals surface area contributed by atoms with Gasteiger partial charge in [0.25, 0.3) is 0 Å². The molecule has 1 aliphatic heterocycles. The van der Waals surface area contributed by atoms with Crippen LogP contribution in [0, 0.1) is 11.8 Å². The lowest BCUT2D eigenvalue weighted by atomic mass is 9.83. The van der Waals surface area contributed by atoms with Crippen LogP contribution in [0.15, 0.2) is 24.3 Å². The molecule has 3 atom stereocenters. The Hall–Kier alpha value is -1.10. The number of halogens is 1. The number of nitrogens with two attached hydrogens (primary N) is 1. The summed E-state index contributed by atoms with van der Waals surface area (Å²) in [6, 6.07) is 7.56. The summed E-state index contributed by atoms with van der Waals surface area (Å²) in [5.41, 5.74) is 6.92. The molecule has 3 N–H and O–H groups in total. The third-order valence-electron chi connectivity index (χ3n) is 5.57. The Morgan fingerprint density at radius 2 is 1.83 bits per heavy atom. The topological polar surface area (TPSA) is 66.6 Å². The summed E-state index contributed by atoms with van der Waals surface area (Å²) in [6.45, 7) is 1.47. The van der Waals surface area contributed by atoms with E-state index in [-0.39, 0.29) is 23.8 Å². The summed E-state index contributed by atoms with van der Waals surface area (Å²) >= 11 is 5.91. The fourth-order valence-electron chi connectivity index (χ4n) is 4.08. The van der Waals surface area contributed by atoms with E-state index in [9.17, 15) is 9.90 Å². The van der Waals surface area contributed by atoms with Gasteiger partial charge in [0.2, 0.25) is 5.91 Å². The van der Waals surface area contributed by atoms with E-state index in [1.54, 1.807) is 0 Å². The number of likely N-dealkylation sites (tertiary alicyclic amines) is 1. The van der Waals surface area contributed by atoms with Crippen LogP contribution in [0.3, 0.4) is 0 Å². The van der Waals surface area contributed by atoms with Crippen molar-refractivity contribution >= 4 is 17.5 Å². The van der Waals surface area contributed by atoms with Crippen molar-refractivity contribution in [2.45, 2.75) is 50.7 Å². The molecule has 1 aliphatic carbocycles. The van der Waals surface area contributed by atoms with Crippen LogP contribution < -0.4 is 5.73 Å². The molecule has 24 heavy (non-hydrogen) atoms. The van der Waals surface area contributed by atoms with E-state index in [2.05, 4.69) is 0 Å². The van der Waals surface area contributed by atoms with E-state index in [1.807, 2.05) is 29.2 Å². The fraction of sp³-hybridized carbons (Fsp3) is 0.632. The Labute approximate surface area is 149 Å². The quantitative estimate of drug-likeness (QED) is 0.880. The largest absolute Gasteiger partial charge is 0.388 e. The number of aliphatic hydroxyl groups excluding tert-OH is 1. The highest BCUT2D eigenvalue weighted by Gasteiger charge is 2.33. The van der Waals surface area contributed by atoms with Crippen LogP contribution in [0.1, 0.15) is 50.2 Å². The third-order valence-corrected chi connectivity index (χ3v) is 5.83. The summed E-state index contributed by atoms with van der Waals surface area (Å²) in [6.07, 6.45) is 5.10. The molecule has 4 nitrogen and oxygen atoms in total. The lowest BCUT2D eigenvalue weighted by Crippen LogP contribution is -2.45. The van der Waals surface area contributed by atoms with Crippen molar-refractivity contribution in [1.29, 1.82) is 0 Å². The number of rotatable bonds is 3. The van der Waals surface area contributed by atoms with Crippen molar-refractivity contribution in [2.75, 3.05) is 13.1 Å². The predicted molar refractivity (Wildman–Crippen MR) is 95.6 cm³/mol. The van der Waals surface area contributed by atoms with Gasteiger partial charge < -0.3 is 15.7 Å². The van der Waals surface area contributed by atoms with Crippen molar-refractivity contribution in [1.82, 2.24) is 4.90 Å². The third kappa shape index (κ3) is 4.11. The van der Waals surface area contributed by atoms with Gasteiger partial charge in [-0.2, -0.15) is 0 Å². The average molecular weight is 351 g/mol. The first-order chi connectivity index (χ1) is 11.5. The van der Waals surface area contributed by atoms with E-state index in [0.29, 0.717) is 5.02 Å². The van der Waals surface area contributed by atoms with Crippen molar-refractivity contribution in [3.05, 3.63) is 34.9 Å². The second kappa shape index (κ2) is 7.85. The molecular formula is C19H27ClN2O2. The van der Waals surface area contributed by atoms with E-state index >= 15 is 0 Å². The zero-order chi connectivity index (χ0) is 17.1. The molecule has 0 radical (unpaired) electrons. The van der Waals surface area contributed by atoms with Crippen LogP contribution in [-0.2, 0) is 4.79 Å². The van der Waals surface area contributed by atoms with Gasteiger partial charge in [-0.3, -0.25) is 4.79 Å². The molecule has 1 heterocycles. The van der Waals surface area contributed by atoms with Gasteiger partial charge in [0.05, 0.1) is 6.10 Å². The maximum Gasteiger partial charge on any atom is 0.225 e. The highest BCUT2D eigenvalue weighted by molar-refractivity contribution is 6.30. The number of amides is 1. The smallest absolute Gasteiger partial charge is 0.225 e. The van der Waals surface area contributed by atoms with Gasteiger partial charge in [0.15, 0.2) is 0 Å². The molecule has 132 valence electrons. The number of hydrogen-bond acceptors (Lipinski definition) is 3. The fourth-order valence-corrected chi connectivity index (χ4v) is 4.20. The van der Waals surface area contributed by atoms with Gasteiger partial charge >= 0.3 is 0 Å². The molecule has 1 saturated carbocycles. The van der Waals surface area contributed by atoms with Crippen molar-refractivity contribution in [3.8, 4) is 0 Å². The Bertz CT molecular complexity index is 555. The maximum absolute atomic E-state index is 12.7. The zero-order valence-electron chi connectivity index (χ0n) is 14.0. The number of nitrogens with zero attached hydrogens (tertiary/aromatic N) is 1. The van der Waals surface area contributed by atoms with E-state index < -0.39 is 6.10 Å². The van der Waals surface area contributed by atoms with Crippen LogP contribution in [0.2, 0.25) is 5.02 Å². The summed E-state index contributed by atoms with van der Waals surface area (Å²) in [5.74, 6) is 0.569. The van der Waals surface area contributed by atoms with Crippen LogP contribution in [0.25, 0.3) is 0 Å². The molecule has 1 aromatic rings. The monoisotopic (exact) mass is 350 g/mol. The maximum atomic E-state index is 12.7. The molecule has 5 heteroatoms. The summed E-state index contributed by atoms with van der Waals surface area (Å²) in [7, 11) is 0. The SMILES string of the molecule is NC1CCCC(C(=O)N2CCC(C(O)c3ccc(Cl)cc3)CC2)C1. The van der Waals surface area contributed by atoms with Gasteiger partial charge in [-0.25, -0.2) is 0 Å². The number of hydrogen-bond donors (Lipinski definition) is 2. The molecular weight excluding hydrogens is 324 g/mol. The van der Waals surface area contributed by atoms with Gasteiger partial charge in [0.1, 0.15) is 0 Å². The molecule has 2 fully saturated rings. The Morgan fingerprint density at radius 3 is 2.46 bits per heavy atom. The molecule has 2 aliphatic rings. The minimum atomic E-state index is -0.484. The van der Waals surface area contributed by atoms with Gasteiger partial charge in [0, 0.05) is 30.1 Å². The molecule has 0 spiro atoms. The Morgan fingerprint density at radius 1 is 1.17 bits per heavy atom. The summed E-state index contributed by atoms with van der Waals surface area (Å²) in [4.78, 5) is 14.7. The standard InChI is InChI=1S/C19H27ClN2O2/c20-16-6-4-13(5-7-16)18(23)14-8-10-22(11-9-14)19(24)15-2-1-3-17(21)12-15/h4-7,14-15,17-18,23H,1-3,8-12,21H2. The van der Waals surface area contributed by atoms with Crippen LogP contribution in [-0.4, -0.2) is 35.0 Å². The Balaban J connectivity index is 1.53. The Kier molecular flexibility index (Phi) is 5.80. The number of carbonyl (C=O) groups excluding carboxylic acids is 1. The summed E-state index contributed by atoms with van der Waals surface area (Å²) in [5, 5.41) is 11.3. The van der Waals surface area contributed by atoms with Crippen molar-refractivity contribution in [3.63, 3.8) is 0 Å². The van der Waals surface area contributed by atoms with Gasteiger partial charge in [-0.15, -0.1) is 0 Å². The molecule has 0 bridgehead atoms. The van der Waals surface area contributed by atoms with Crippen LogP contribution in [0.5, 0.6) is 0 Å². The van der Waals surface area contributed by atoms with E-state index in [1.165, 1.54) is 0 Å². The molecule has 1 amide bonds. The minimum absolute atomic E-state index is 0.103. The zero-order valence-corrected chi connectivity index (χ0v) is 14.8. The van der Waals surface area contributed by atoms with Crippen LogP contribution >= 0.6 is 11.6 Å². The molecule has 1 aromatic carbocycles. The first-order valence-electron chi connectivity index (χ1n) is 9.02. The second-order valence-electron chi connectivity index (χ2n) is 7.28. The number of piperidine rings is 1. The number of carbonyl (C=O) groups is 1. The average Bonchev–Trinajstić information content (AvgIpc) is 2.61. The molecule has 3 rings (SSSR count). The summed E-state index contributed by atoms with van der Waals surface area (Å²) < 4.78 is 0. The van der Waals surface area contributed by atoms with E-state index in [4.69, 9.17) is 17.3 Å². The van der Waals surface area contributed by atoms with Gasteiger partial charge in [-0.1, -0.05) is 30.2 Å². The molecule has 1 saturated heterocycles. The molecule has 3 unspecified atom stereocenters. The van der Waals surface area contributed by atoms with E-state index in [0.717, 1.165) is 57.2 Å². The predicted octanol–water partition coefficient (Wildman–Crippen LogP) is 3.13. The van der Waals surface area contributed by atoms with Gasteiger partial charge in [-0.05, 0) is 55.7 Å². The lowest BCUT2D eigenvalue weighted by molar-refractivity contribution is -0.138.